The van der Waals surface area contributed by atoms with Crippen molar-refractivity contribution >= 4 is 5.91 Å². The first kappa shape index (κ1) is 12.5. The maximum atomic E-state index is 11.5. The summed E-state index contributed by atoms with van der Waals surface area (Å²) < 4.78 is 5.47. The molecule has 2 unspecified atom stereocenters. The molecule has 2 atom stereocenters. The van der Waals surface area contributed by atoms with Gasteiger partial charge in [-0.3, -0.25) is 4.79 Å². The predicted molar refractivity (Wildman–Crippen MR) is 57.5 cm³/mol. The molecule has 0 aromatic rings. The van der Waals surface area contributed by atoms with Gasteiger partial charge in [0.05, 0.1) is 25.2 Å². The molecule has 0 spiro atoms. The first-order valence-corrected chi connectivity index (χ1v) is 5.78. The molecule has 0 aromatic carbocycles. The van der Waals surface area contributed by atoms with E-state index in [0.29, 0.717) is 6.42 Å². The van der Waals surface area contributed by atoms with Crippen LogP contribution in [-0.2, 0) is 9.53 Å². The lowest BCUT2D eigenvalue weighted by molar-refractivity contribution is -0.125. The van der Waals surface area contributed by atoms with Gasteiger partial charge < -0.3 is 15.2 Å². The lowest BCUT2D eigenvalue weighted by Gasteiger charge is -2.23. The van der Waals surface area contributed by atoms with Gasteiger partial charge in [-0.25, -0.2) is 0 Å². The summed E-state index contributed by atoms with van der Waals surface area (Å²) >= 11 is 0. The SMILES string of the molecule is CCC(CO)NC(=O)CC1CCCCO1. The van der Waals surface area contributed by atoms with Gasteiger partial charge >= 0.3 is 0 Å². The molecule has 2 N–H and O–H groups in total. The highest BCUT2D eigenvalue weighted by Gasteiger charge is 2.18. The average Bonchev–Trinajstić information content (AvgIpc) is 2.27. The van der Waals surface area contributed by atoms with E-state index in [2.05, 4.69) is 5.32 Å². The molecular weight excluding hydrogens is 194 g/mol. The summed E-state index contributed by atoms with van der Waals surface area (Å²) in [5.74, 6) is -0.0113. The van der Waals surface area contributed by atoms with Crippen LogP contribution < -0.4 is 5.32 Å². The van der Waals surface area contributed by atoms with Gasteiger partial charge in [0.25, 0.3) is 0 Å². The van der Waals surface area contributed by atoms with Crippen molar-refractivity contribution in [1.29, 1.82) is 0 Å². The maximum absolute atomic E-state index is 11.5. The first-order chi connectivity index (χ1) is 7.26. The van der Waals surface area contributed by atoms with Crippen molar-refractivity contribution < 1.29 is 14.6 Å². The summed E-state index contributed by atoms with van der Waals surface area (Å²) in [4.78, 5) is 11.5. The largest absolute Gasteiger partial charge is 0.394 e. The van der Waals surface area contributed by atoms with Gasteiger partial charge in [-0.05, 0) is 25.7 Å². The Labute approximate surface area is 91.0 Å². The van der Waals surface area contributed by atoms with Crippen LogP contribution in [0.1, 0.15) is 39.0 Å². The lowest BCUT2D eigenvalue weighted by atomic mass is 10.1. The molecule has 15 heavy (non-hydrogen) atoms. The van der Waals surface area contributed by atoms with Crippen LogP contribution in [0, 0.1) is 0 Å². The van der Waals surface area contributed by atoms with Crippen LogP contribution in [0.5, 0.6) is 0 Å². The van der Waals surface area contributed by atoms with Gasteiger partial charge in [-0.2, -0.15) is 0 Å². The summed E-state index contributed by atoms with van der Waals surface area (Å²) in [5, 5.41) is 11.7. The molecule has 1 aliphatic heterocycles. The third-order valence-electron chi connectivity index (χ3n) is 2.77. The summed E-state index contributed by atoms with van der Waals surface area (Å²) in [7, 11) is 0. The first-order valence-electron chi connectivity index (χ1n) is 5.78. The minimum atomic E-state index is -0.110. The van der Waals surface area contributed by atoms with Crippen molar-refractivity contribution in [3.05, 3.63) is 0 Å². The topological polar surface area (TPSA) is 58.6 Å². The number of amides is 1. The Morgan fingerprint density at radius 2 is 2.40 bits per heavy atom. The number of hydrogen-bond donors (Lipinski definition) is 2. The fraction of sp³-hybridized carbons (Fsp3) is 0.909. The minimum absolute atomic E-state index is 0.00770. The van der Waals surface area contributed by atoms with Crippen LogP contribution >= 0.6 is 0 Å². The monoisotopic (exact) mass is 215 g/mol. The second-order valence-corrected chi connectivity index (χ2v) is 4.05. The highest BCUT2D eigenvalue weighted by molar-refractivity contribution is 5.76. The van der Waals surface area contributed by atoms with E-state index in [0.717, 1.165) is 32.3 Å². The zero-order valence-corrected chi connectivity index (χ0v) is 9.37. The van der Waals surface area contributed by atoms with Crippen LogP contribution in [0.3, 0.4) is 0 Å². The van der Waals surface area contributed by atoms with E-state index in [4.69, 9.17) is 9.84 Å². The Hall–Kier alpha value is -0.610. The van der Waals surface area contributed by atoms with Crippen molar-refractivity contribution in [2.45, 2.75) is 51.2 Å². The second kappa shape index (κ2) is 6.80. The highest BCUT2D eigenvalue weighted by atomic mass is 16.5. The second-order valence-electron chi connectivity index (χ2n) is 4.05. The smallest absolute Gasteiger partial charge is 0.222 e. The van der Waals surface area contributed by atoms with Gasteiger partial charge in [0.1, 0.15) is 0 Å². The Balaban J connectivity index is 2.21. The van der Waals surface area contributed by atoms with Crippen molar-refractivity contribution in [1.82, 2.24) is 5.32 Å². The number of ether oxygens (including phenoxy) is 1. The quantitative estimate of drug-likeness (QED) is 0.714. The maximum Gasteiger partial charge on any atom is 0.222 e. The highest BCUT2D eigenvalue weighted by Crippen LogP contribution is 2.15. The van der Waals surface area contributed by atoms with Crippen LogP contribution in [0.25, 0.3) is 0 Å². The molecule has 1 aliphatic rings. The molecule has 1 saturated heterocycles. The molecule has 88 valence electrons. The van der Waals surface area contributed by atoms with Crippen molar-refractivity contribution in [3.8, 4) is 0 Å². The molecule has 0 aromatic heterocycles. The Kier molecular flexibility index (Phi) is 5.65. The van der Waals surface area contributed by atoms with E-state index in [1.165, 1.54) is 0 Å². The van der Waals surface area contributed by atoms with E-state index in [1.54, 1.807) is 0 Å². The van der Waals surface area contributed by atoms with Crippen molar-refractivity contribution in [2.24, 2.45) is 0 Å². The molecule has 0 saturated carbocycles. The zero-order valence-electron chi connectivity index (χ0n) is 9.37. The molecule has 1 rings (SSSR count). The number of aliphatic hydroxyl groups excluding tert-OH is 1. The number of aliphatic hydroxyl groups is 1. The molecule has 0 bridgehead atoms. The number of carbonyl (C=O) groups is 1. The van der Waals surface area contributed by atoms with Crippen LogP contribution in [0.15, 0.2) is 0 Å². The van der Waals surface area contributed by atoms with Gasteiger partial charge in [0.2, 0.25) is 5.91 Å². The van der Waals surface area contributed by atoms with Crippen molar-refractivity contribution in [3.63, 3.8) is 0 Å². The molecule has 0 aliphatic carbocycles. The van der Waals surface area contributed by atoms with Crippen LogP contribution in [-0.4, -0.2) is 36.4 Å². The number of nitrogens with one attached hydrogen (secondary N) is 1. The van der Waals surface area contributed by atoms with E-state index in [9.17, 15) is 4.79 Å². The van der Waals surface area contributed by atoms with Gasteiger partial charge in [-0.1, -0.05) is 6.92 Å². The molecule has 1 fully saturated rings. The average molecular weight is 215 g/mol. The van der Waals surface area contributed by atoms with E-state index in [1.807, 2.05) is 6.92 Å². The Morgan fingerprint density at radius 1 is 1.60 bits per heavy atom. The fourth-order valence-corrected chi connectivity index (χ4v) is 1.74. The number of rotatable bonds is 5. The number of hydrogen-bond acceptors (Lipinski definition) is 3. The molecule has 1 heterocycles. The standard InChI is InChI=1S/C11H21NO3/c1-2-9(8-13)12-11(14)7-10-5-3-4-6-15-10/h9-10,13H,2-8H2,1H3,(H,12,14). The summed E-state index contributed by atoms with van der Waals surface area (Å²) in [6.45, 7) is 2.72. The Morgan fingerprint density at radius 3 is 2.93 bits per heavy atom. The molecule has 4 nitrogen and oxygen atoms in total. The van der Waals surface area contributed by atoms with E-state index in [-0.39, 0.29) is 24.7 Å². The molecule has 0 radical (unpaired) electrons. The van der Waals surface area contributed by atoms with Gasteiger partial charge in [-0.15, -0.1) is 0 Å². The van der Waals surface area contributed by atoms with Gasteiger partial charge in [0.15, 0.2) is 0 Å². The summed E-state index contributed by atoms with van der Waals surface area (Å²) in [5.41, 5.74) is 0. The van der Waals surface area contributed by atoms with Crippen LogP contribution in [0.4, 0.5) is 0 Å². The normalized spacial score (nSPS) is 23.5. The summed E-state index contributed by atoms with van der Waals surface area (Å²) in [6, 6.07) is -0.110. The third-order valence-corrected chi connectivity index (χ3v) is 2.77. The zero-order chi connectivity index (χ0) is 11.1. The lowest BCUT2D eigenvalue weighted by Crippen LogP contribution is -2.39. The predicted octanol–water partition coefficient (Wildman–Crippen LogP) is 0.833. The fourth-order valence-electron chi connectivity index (χ4n) is 1.74. The van der Waals surface area contributed by atoms with E-state index >= 15 is 0 Å². The van der Waals surface area contributed by atoms with Crippen LogP contribution in [0.2, 0.25) is 0 Å². The third kappa shape index (κ3) is 4.62. The summed E-state index contributed by atoms with van der Waals surface area (Å²) in [6.07, 6.45) is 4.49. The van der Waals surface area contributed by atoms with Crippen molar-refractivity contribution in [2.75, 3.05) is 13.2 Å². The Bertz CT molecular complexity index is 186. The number of carbonyl (C=O) groups excluding carboxylic acids is 1. The molecule has 1 amide bonds. The molecular formula is C11H21NO3. The van der Waals surface area contributed by atoms with Gasteiger partial charge in [0, 0.05) is 6.61 Å². The minimum Gasteiger partial charge on any atom is -0.394 e. The molecule has 4 heteroatoms. The van der Waals surface area contributed by atoms with E-state index < -0.39 is 0 Å².